The van der Waals surface area contributed by atoms with Crippen molar-refractivity contribution in [1.29, 1.82) is 0 Å². The molecule has 0 heterocycles. The molecule has 0 aliphatic heterocycles. The van der Waals surface area contributed by atoms with Crippen molar-refractivity contribution >= 4 is 27.5 Å². The third-order valence-corrected chi connectivity index (χ3v) is 6.39. The summed E-state index contributed by atoms with van der Waals surface area (Å²) in [5, 5.41) is 2.82. The lowest BCUT2D eigenvalue weighted by molar-refractivity contribution is -0.139. The van der Waals surface area contributed by atoms with Crippen molar-refractivity contribution in [2.24, 2.45) is 0 Å². The third-order valence-electron chi connectivity index (χ3n) is 5.25. The van der Waals surface area contributed by atoms with E-state index < -0.39 is 34.3 Å². The summed E-state index contributed by atoms with van der Waals surface area (Å²) in [5.41, 5.74) is 1.90. The average Bonchev–Trinajstić information content (AvgIpc) is 2.75. The maximum atomic E-state index is 13.7. The molecule has 0 aliphatic carbocycles. The van der Waals surface area contributed by atoms with Crippen LogP contribution in [-0.4, -0.2) is 50.5 Å². The molecule has 0 saturated carbocycles. The largest absolute Gasteiger partial charge is 0.354 e. The van der Waals surface area contributed by atoms with Crippen LogP contribution in [0.5, 0.6) is 0 Å². The quantitative estimate of drug-likeness (QED) is 0.504. The Bertz CT molecular complexity index is 1060. The number of benzene rings is 2. The Morgan fingerprint density at radius 3 is 2.36 bits per heavy atom. The van der Waals surface area contributed by atoms with Gasteiger partial charge in [-0.05, 0) is 44.0 Å². The van der Waals surface area contributed by atoms with Crippen molar-refractivity contribution in [3.05, 3.63) is 65.5 Å². The zero-order chi connectivity index (χ0) is 24.6. The van der Waals surface area contributed by atoms with Crippen LogP contribution in [0, 0.1) is 12.7 Å². The van der Waals surface area contributed by atoms with Gasteiger partial charge in [-0.15, -0.1) is 0 Å². The van der Waals surface area contributed by atoms with E-state index >= 15 is 0 Å². The molecule has 2 rings (SSSR count). The Hall–Kier alpha value is -2.94. The van der Waals surface area contributed by atoms with E-state index in [1.807, 2.05) is 38.1 Å². The normalized spacial score (nSPS) is 12.2. The summed E-state index contributed by atoms with van der Waals surface area (Å²) < 4.78 is 39.5. The predicted octanol–water partition coefficient (Wildman–Crippen LogP) is 3.23. The molecule has 2 aromatic rings. The molecule has 1 atom stereocenters. The molecule has 33 heavy (non-hydrogen) atoms. The van der Waals surface area contributed by atoms with Gasteiger partial charge in [0.1, 0.15) is 18.4 Å². The molecule has 180 valence electrons. The summed E-state index contributed by atoms with van der Waals surface area (Å²) in [4.78, 5) is 27.4. The van der Waals surface area contributed by atoms with Gasteiger partial charge in [-0.3, -0.25) is 13.9 Å². The first kappa shape index (κ1) is 26.3. The van der Waals surface area contributed by atoms with Crippen molar-refractivity contribution in [1.82, 2.24) is 10.2 Å². The zero-order valence-electron chi connectivity index (χ0n) is 19.5. The van der Waals surface area contributed by atoms with E-state index in [4.69, 9.17) is 0 Å². The van der Waals surface area contributed by atoms with E-state index in [0.717, 1.165) is 40.6 Å². The van der Waals surface area contributed by atoms with Crippen molar-refractivity contribution < 1.29 is 22.4 Å². The fourth-order valence-corrected chi connectivity index (χ4v) is 4.10. The lowest BCUT2D eigenvalue weighted by Crippen LogP contribution is -2.51. The number of hydrogen-bond donors (Lipinski definition) is 1. The van der Waals surface area contributed by atoms with Gasteiger partial charge in [-0.25, -0.2) is 12.8 Å². The summed E-state index contributed by atoms with van der Waals surface area (Å²) in [6, 6.07) is 11.7. The maximum absolute atomic E-state index is 13.7. The summed E-state index contributed by atoms with van der Waals surface area (Å²) in [7, 11) is -3.89. The highest BCUT2D eigenvalue weighted by Crippen LogP contribution is 2.20. The molecular formula is C24H32FN3O4S. The van der Waals surface area contributed by atoms with Gasteiger partial charge in [-0.1, -0.05) is 49.2 Å². The van der Waals surface area contributed by atoms with Crippen molar-refractivity contribution in [3.63, 3.8) is 0 Å². The standard InChI is InChI=1S/C24H32FN3O4S/c1-5-6-14-26-24(30)19(3)27(16-20-12-10-18(2)11-13-20)23(29)17-28(33(4,31)32)22-9-7-8-21(25)15-22/h7-13,15,19H,5-6,14,16-17H2,1-4H3,(H,26,30)/t19-/m0/s1. The van der Waals surface area contributed by atoms with Crippen LogP contribution < -0.4 is 9.62 Å². The number of anilines is 1. The van der Waals surface area contributed by atoms with Crippen LogP contribution in [0.3, 0.4) is 0 Å². The van der Waals surface area contributed by atoms with Crippen LogP contribution >= 0.6 is 0 Å². The fourth-order valence-electron chi connectivity index (χ4n) is 3.25. The number of nitrogens with zero attached hydrogens (tertiary/aromatic N) is 2. The molecule has 0 bridgehead atoms. The number of carbonyl (C=O) groups is 2. The second-order valence-electron chi connectivity index (χ2n) is 8.08. The number of halogens is 1. The van der Waals surface area contributed by atoms with E-state index in [-0.39, 0.29) is 18.1 Å². The Labute approximate surface area is 195 Å². The molecule has 2 amide bonds. The maximum Gasteiger partial charge on any atom is 0.244 e. The number of carbonyl (C=O) groups excluding carboxylic acids is 2. The van der Waals surface area contributed by atoms with Crippen LogP contribution in [0.4, 0.5) is 10.1 Å². The van der Waals surface area contributed by atoms with Gasteiger partial charge in [0.15, 0.2) is 0 Å². The molecular weight excluding hydrogens is 445 g/mol. The second kappa shape index (κ2) is 11.8. The molecule has 0 spiro atoms. The first-order valence-electron chi connectivity index (χ1n) is 10.9. The molecule has 0 unspecified atom stereocenters. The van der Waals surface area contributed by atoms with Crippen LogP contribution in [0.25, 0.3) is 0 Å². The lowest BCUT2D eigenvalue weighted by atomic mass is 10.1. The molecule has 0 radical (unpaired) electrons. The topological polar surface area (TPSA) is 86.8 Å². The van der Waals surface area contributed by atoms with Gasteiger partial charge in [0, 0.05) is 13.1 Å². The number of aryl methyl sites for hydroxylation is 1. The second-order valence-corrected chi connectivity index (χ2v) is 9.98. The molecule has 0 aliphatic rings. The van der Waals surface area contributed by atoms with Crippen LogP contribution in [0.2, 0.25) is 0 Å². The van der Waals surface area contributed by atoms with Gasteiger partial charge in [0.25, 0.3) is 0 Å². The van der Waals surface area contributed by atoms with E-state index in [2.05, 4.69) is 5.32 Å². The summed E-state index contributed by atoms with van der Waals surface area (Å²) in [6.45, 7) is 5.63. The van der Waals surface area contributed by atoms with Crippen molar-refractivity contribution in [2.45, 2.75) is 46.2 Å². The smallest absolute Gasteiger partial charge is 0.244 e. The highest BCUT2D eigenvalue weighted by atomic mass is 32.2. The zero-order valence-corrected chi connectivity index (χ0v) is 20.4. The minimum atomic E-state index is -3.89. The Kier molecular flexibility index (Phi) is 9.40. The molecule has 1 N–H and O–H groups in total. The highest BCUT2D eigenvalue weighted by molar-refractivity contribution is 7.92. The SMILES string of the molecule is CCCCNC(=O)[C@H](C)N(Cc1ccc(C)cc1)C(=O)CN(c1cccc(F)c1)S(C)(=O)=O. The molecule has 0 fully saturated rings. The average molecular weight is 478 g/mol. The number of sulfonamides is 1. The lowest BCUT2D eigenvalue weighted by Gasteiger charge is -2.31. The first-order valence-corrected chi connectivity index (χ1v) is 12.7. The van der Waals surface area contributed by atoms with E-state index in [1.54, 1.807) is 6.92 Å². The molecule has 0 aromatic heterocycles. The molecule has 9 heteroatoms. The predicted molar refractivity (Wildman–Crippen MR) is 128 cm³/mol. The van der Waals surface area contributed by atoms with Crippen LogP contribution in [0.1, 0.15) is 37.8 Å². The number of amides is 2. The van der Waals surface area contributed by atoms with Gasteiger partial charge >= 0.3 is 0 Å². The van der Waals surface area contributed by atoms with E-state index in [9.17, 15) is 22.4 Å². The number of rotatable bonds is 11. The van der Waals surface area contributed by atoms with Gasteiger partial charge in [0.2, 0.25) is 21.8 Å². The van der Waals surface area contributed by atoms with Crippen molar-refractivity contribution in [3.8, 4) is 0 Å². The minimum absolute atomic E-state index is 0.0428. The van der Waals surface area contributed by atoms with Crippen molar-refractivity contribution in [2.75, 3.05) is 23.7 Å². The number of nitrogens with one attached hydrogen (secondary N) is 1. The van der Waals surface area contributed by atoms with Gasteiger partial charge < -0.3 is 10.2 Å². The minimum Gasteiger partial charge on any atom is -0.354 e. The Morgan fingerprint density at radius 2 is 1.79 bits per heavy atom. The van der Waals surface area contributed by atoms with Crippen LogP contribution in [0.15, 0.2) is 48.5 Å². The fraction of sp³-hybridized carbons (Fsp3) is 0.417. The Morgan fingerprint density at radius 1 is 1.12 bits per heavy atom. The van der Waals surface area contributed by atoms with E-state index in [1.165, 1.54) is 23.1 Å². The monoisotopic (exact) mass is 477 g/mol. The third kappa shape index (κ3) is 7.85. The first-order chi connectivity index (χ1) is 15.5. The van der Waals surface area contributed by atoms with Crippen LogP contribution in [-0.2, 0) is 26.2 Å². The summed E-state index contributed by atoms with van der Waals surface area (Å²) in [5.74, 6) is -1.50. The highest BCUT2D eigenvalue weighted by Gasteiger charge is 2.30. The molecule has 0 saturated heterocycles. The van der Waals surface area contributed by atoms with Gasteiger partial charge in [-0.2, -0.15) is 0 Å². The molecule has 2 aromatic carbocycles. The summed E-state index contributed by atoms with van der Waals surface area (Å²) >= 11 is 0. The molecule has 7 nitrogen and oxygen atoms in total. The van der Waals surface area contributed by atoms with E-state index in [0.29, 0.717) is 6.54 Å². The number of unbranched alkanes of at least 4 members (excludes halogenated alkanes) is 1. The number of hydrogen-bond acceptors (Lipinski definition) is 4. The Balaban J connectivity index is 2.33. The van der Waals surface area contributed by atoms with Gasteiger partial charge in [0.05, 0.1) is 11.9 Å². The summed E-state index contributed by atoms with van der Waals surface area (Å²) in [6.07, 6.45) is 2.68.